The molecule has 37 heavy (non-hydrogen) atoms. The van der Waals surface area contributed by atoms with E-state index in [1.807, 2.05) is 0 Å². The van der Waals surface area contributed by atoms with Gasteiger partial charge < -0.3 is 56.0 Å². The van der Waals surface area contributed by atoms with E-state index >= 15 is 0 Å². The summed E-state index contributed by atoms with van der Waals surface area (Å²) in [5.74, 6) is 5.36. The Kier molecular flexibility index (Phi) is 8.99. The SMILES string of the molecule is COC1N=C(N)Nc2c1c(C#CCN)nn2[C@@H]1O[C@H](COP(=O)(O)OP(=O)(O)OP(=O)(O)O)[C@@H](O)[C@H]1O. The fourth-order valence-electron chi connectivity index (χ4n) is 3.27. The molecule has 1 aromatic rings. The molecule has 20 nitrogen and oxygen atoms in total. The van der Waals surface area contributed by atoms with Gasteiger partial charge in [-0.3, -0.25) is 4.52 Å². The number of nitrogens with two attached hydrogens (primary N) is 2. The van der Waals surface area contributed by atoms with E-state index in [4.69, 9.17) is 30.7 Å². The number of phosphoric ester groups is 1. The second-order valence-electron chi connectivity index (χ2n) is 7.22. The Morgan fingerprint density at radius 3 is 2.41 bits per heavy atom. The van der Waals surface area contributed by atoms with Crippen molar-refractivity contribution in [2.75, 3.05) is 25.6 Å². The number of nitrogens with one attached hydrogen (secondary N) is 1. The highest BCUT2D eigenvalue weighted by Gasteiger charge is 2.48. The van der Waals surface area contributed by atoms with Crippen molar-refractivity contribution in [2.24, 2.45) is 16.5 Å². The molecule has 1 fully saturated rings. The van der Waals surface area contributed by atoms with Crippen molar-refractivity contribution in [3.63, 3.8) is 0 Å². The Hall–Kier alpha value is -1.75. The predicted octanol–water partition coefficient (Wildman–Crippen LogP) is -2.46. The van der Waals surface area contributed by atoms with Crippen molar-refractivity contribution >= 4 is 35.2 Å². The fourth-order valence-corrected chi connectivity index (χ4v) is 6.30. The quantitative estimate of drug-likeness (QED) is 0.106. The number of hydrogen-bond donors (Lipinski definition) is 9. The third-order valence-corrected chi connectivity index (χ3v) is 8.43. The number of aromatic nitrogens is 2. The maximum atomic E-state index is 12.0. The molecule has 1 aromatic heterocycles. The molecule has 0 spiro atoms. The van der Waals surface area contributed by atoms with Crippen molar-refractivity contribution in [3.8, 4) is 11.8 Å². The van der Waals surface area contributed by atoms with E-state index < -0.39 is 60.8 Å². The minimum Gasteiger partial charge on any atom is -0.387 e. The zero-order valence-corrected chi connectivity index (χ0v) is 21.3. The van der Waals surface area contributed by atoms with Gasteiger partial charge in [-0.05, 0) is 5.92 Å². The molecule has 0 radical (unpaired) electrons. The number of aliphatic imine (C=N–C) groups is 1. The van der Waals surface area contributed by atoms with Crippen molar-refractivity contribution in [1.29, 1.82) is 0 Å². The summed E-state index contributed by atoms with van der Waals surface area (Å²) >= 11 is 0. The lowest BCUT2D eigenvalue weighted by molar-refractivity contribution is -0.0568. The Morgan fingerprint density at radius 1 is 1.14 bits per heavy atom. The van der Waals surface area contributed by atoms with Gasteiger partial charge in [0.2, 0.25) is 0 Å². The molecule has 2 aliphatic heterocycles. The zero-order chi connectivity index (χ0) is 27.8. The highest BCUT2D eigenvalue weighted by atomic mass is 31.3. The van der Waals surface area contributed by atoms with Crippen molar-refractivity contribution in [2.45, 2.75) is 30.8 Å². The molecule has 0 aromatic carbocycles. The molecule has 23 heteroatoms. The van der Waals surface area contributed by atoms with Crippen LogP contribution in [0.1, 0.15) is 23.7 Å². The summed E-state index contributed by atoms with van der Waals surface area (Å²) in [5, 5.41) is 27.9. The lowest BCUT2D eigenvalue weighted by Crippen LogP contribution is -2.35. The first kappa shape index (κ1) is 29.8. The average molecular weight is 592 g/mol. The van der Waals surface area contributed by atoms with Gasteiger partial charge in [0.25, 0.3) is 0 Å². The zero-order valence-electron chi connectivity index (χ0n) is 18.6. The molecule has 7 atom stereocenters. The van der Waals surface area contributed by atoms with Crippen LogP contribution in [-0.2, 0) is 36.3 Å². The first-order valence-corrected chi connectivity index (χ1v) is 14.3. The minimum atomic E-state index is -5.75. The number of nitrogens with zero attached hydrogens (tertiary/aromatic N) is 3. The van der Waals surface area contributed by atoms with Gasteiger partial charge in [0.05, 0.1) is 18.7 Å². The number of aliphatic hydroxyl groups excluding tert-OH is 2. The molecule has 0 amide bonds. The summed E-state index contributed by atoms with van der Waals surface area (Å²) in [6.07, 6.45) is -7.42. The Bertz CT molecular complexity index is 1250. The number of guanidine groups is 1. The number of rotatable bonds is 9. The topological polar surface area (TPSA) is 313 Å². The summed E-state index contributed by atoms with van der Waals surface area (Å²) in [6.45, 7) is -1.03. The summed E-state index contributed by atoms with van der Waals surface area (Å²) in [4.78, 5) is 40.1. The molecular formula is C14H23N6O14P3. The van der Waals surface area contributed by atoms with E-state index in [0.717, 1.165) is 4.68 Å². The van der Waals surface area contributed by atoms with Crippen LogP contribution in [0.5, 0.6) is 0 Å². The molecule has 0 bridgehead atoms. The molecule has 3 rings (SSSR count). The average Bonchev–Trinajstić information content (AvgIpc) is 3.25. The number of fused-ring (bicyclic) bond motifs is 1. The van der Waals surface area contributed by atoms with Gasteiger partial charge in [-0.1, -0.05) is 5.92 Å². The van der Waals surface area contributed by atoms with E-state index in [-0.39, 0.29) is 24.0 Å². The van der Waals surface area contributed by atoms with Gasteiger partial charge in [0.15, 0.2) is 18.4 Å². The smallest absolute Gasteiger partial charge is 0.387 e. The Morgan fingerprint density at radius 2 is 1.81 bits per heavy atom. The van der Waals surface area contributed by atoms with E-state index in [1.54, 1.807) is 0 Å². The third kappa shape index (κ3) is 7.22. The summed E-state index contributed by atoms with van der Waals surface area (Å²) < 4.78 is 57.7. The molecule has 2 aliphatic rings. The number of phosphoric acid groups is 3. The first-order valence-electron chi connectivity index (χ1n) is 9.82. The highest BCUT2D eigenvalue weighted by Crippen LogP contribution is 2.66. The molecule has 0 saturated carbocycles. The van der Waals surface area contributed by atoms with E-state index in [0.29, 0.717) is 5.56 Å². The molecule has 0 aliphatic carbocycles. The van der Waals surface area contributed by atoms with E-state index in [2.05, 4.69) is 40.4 Å². The first-order chi connectivity index (χ1) is 17.1. The number of ether oxygens (including phenoxy) is 2. The number of aliphatic hydroxyl groups is 2. The molecule has 3 unspecified atom stereocenters. The van der Waals surface area contributed by atoms with E-state index in [9.17, 15) is 33.7 Å². The number of methoxy groups -OCH3 is 1. The van der Waals surface area contributed by atoms with E-state index in [1.165, 1.54) is 7.11 Å². The lowest BCUT2D eigenvalue weighted by Gasteiger charge is -2.23. The van der Waals surface area contributed by atoms with Gasteiger partial charge in [0, 0.05) is 7.11 Å². The van der Waals surface area contributed by atoms with Gasteiger partial charge >= 0.3 is 23.5 Å². The summed E-state index contributed by atoms with van der Waals surface area (Å²) in [6, 6.07) is 0. The Balaban J connectivity index is 1.81. The molecule has 11 N–H and O–H groups in total. The van der Waals surface area contributed by atoms with Crippen LogP contribution in [0.15, 0.2) is 4.99 Å². The molecule has 208 valence electrons. The third-order valence-electron chi connectivity index (χ3n) is 4.63. The van der Waals surface area contributed by atoms with Crippen LogP contribution in [0.4, 0.5) is 5.82 Å². The van der Waals surface area contributed by atoms with Crippen LogP contribution < -0.4 is 16.8 Å². The van der Waals surface area contributed by atoms with Gasteiger partial charge in [-0.25, -0.2) is 23.4 Å². The monoisotopic (exact) mass is 592 g/mol. The van der Waals surface area contributed by atoms with Crippen molar-refractivity contribution in [3.05, 3.63) is 11.3 Å². The summed E-state index contributed by atoms with van der Waals surface area (Å²) in [5.41, 5.74) is 11.6. The van der Waals surface area contributed by atoms with Crippen LogP contribution in [-0.4, -0.2) is 84.1 Å². The second-order valence-corrected chi connectivity index (χ2v) is 11.6. The van der Waals surface area contributed by atoms with Crippen LogP contribution >= 0.6 is 23.5 Å². The fraction of sp³-hybridized carbons (Fsp3) is 0.571. The van der Waals surface area contributed by atoms with Crippen LogP contribution in [0.2, 0.25) is 0 Å². The largest absolute Gasteiger partial charge is 0.490 e. The number of anilines is 1. The minimum absolute atomic E-state index is 0.0118. The van der Waals surface area contributed by atoms with Crippen molar-refractivity contribution < 1.29 is 66.1 Å². The molecule has 1 saturated heterocycles. The van der Waals surface area contributed by atoms with Crippen LogP contribution in [0.3, 0.4) is 0 Å². The Labute approximate surface area is 207 Å². The van der Waals surface area contributed by atoms with Crippen LogP contribution in [0, 0.1) is 11.8 Å². The summed E-state index contributed by atoms with van der Waals surface area (Å²) in [7, 11) is -15.5. The maximum absolute atomic E-state index is 12.0. The lowest BCUT2D eigenvalue weighted by atomic mass is 10.1. The van der Waals surface area contributed by atoms with Gasteiger partial charge in [0.1, 0.15) is 29.8 Å². The second kappa shape index (κ2) is 11.2. The standard InChI is InChI=1S/C14H23N6O14P3/c1-30-12-8-6(3-2-4-15)19-20(11(8)17-14(16)18-12)13-10(22)9(21)7(32-13)5-31-36(26,27)34-37(28,29)33-35(23,24)25/h7,9-10,12-13,21-22H,4-5,15H2,1H3,(H,26,27)(H,28,29)(H3,16,17,18)(H2,23,24,25)/t7-,9-,10-,12?,13-/m1/s1. The number of hydrogen-bond acceptors (Lipinski definition) is 15. The van der Waals surface area contributed by atoms with Crippen molar-refractivity contribution in [1.82, 2.24) is 9.78 Å². The van der Waals surface area contributed by atoms with Crippen LogP contribution in [0.25, 0.3) is 0 Å². The van der Waals surface area contributed by atoms with Gasteiger partial charge in [-0.2, -0.15) is 13.7 Å². The normalized spacial score (nSPS) is 28.8. The van der Waals surface area contributed by atoms with Gasteiger partial charge in [-0.15, -0.1) is 0 Å². The molecule has 3 heterocycles. The maximum Gasteiger partial charge on any atom is 0.490 e. The molecular weight excluding hydrogens is 569 g/mol. The predicted molar refractivity (Wildman–Crippen MR) is 119 cm³/mol. The highest BCUT2D eigenvalue weighted by molar-refractivity contribution is 7.66.